The SMILES string of the molecule is CCC(CC#N)N1CCOC(C(=O)OC)C1. The smallest absolute Gasteiger partial charge is 0.336 e. The van der Waals surface area contributed by atoms with Crippen molar-refractivity contribution in [1.82, 2.24) is 4.90 Å². The summed E-state index contributed by atoms with van der Waals surface area (Å²) < 4.78 is 9.99. The first kappa shape index (κ1) is 12.9. The Morgan fingerprint density at radius 1 is 1.75 bits per heavy atom. The average molecular weight is 226 g/mol. The van der Waals surface area contributed by atoms with Crippen molar-refractivity contribution >= 4 is 5.97 Å². The van der Waals surface area contributed by atoms with E-state index in [-0.39, 0.29) is 12.0 Å². The number of carbonyl (C=O) groups excluding carboxylic acids is 1. The molecule has 16 heavy (non-hydrogen) atoms. The number of morpholine rings is 1. The van der Waals surface area contributed by atoms with Crippen LogP contribution in [-0.4, -0.2) is 49.8 Å². The van der Waals surface area contributed by atoms with Crippen molar-refractivity contribution in [3.8, 4) is 6.07 Å². The molecule has 90 valence electrons. The summed E-state index contributed by atoms with van der Waals surface area (Å²) in [5.74, 6) is -0.337. The van der Waals surface area contributed by atoms with E-state index in [0.717, 1.165) is 13.0 Å². The zero-order valence-electron chi connectivity index (χ0n) is 9.81. The summed E-state index contributed by atoms with van der Waals surface area (Å²) in [6, 6.07) is 2.38. The number of ether oxygens (including phenoxy) is 2. The molecule has 0 radical (unpaired) electrons. The van der Waals surface area contributed by atoms with E-state index in [0.29, 0.717) is 19.6 Å². The fourth-order valence-corrected chi connectivity index (χ4v) is 1.91. The Morgan fingerprint density at radius 3 is 3.06 bits per heavy atom. The number of methoxy groups -OCH3 is 1. The van der Waals surface area contributed by atoms with Crippen molar-refractivity contribution in [2.45, 2.75) is 31.9 Å². The number of rotatable bonds is 4. The van der Waals surface area contributed by atoms with E-state index in [2.05, 4.69) is 15.7 Å². The maximum absolute atomic E-state index is 11.3. The maximum Gasteiger partial charge on any atom is 0.336 e. The van der Waals surface area contributed by atoms with Crippen LogP contribution < -0.4 is 0 Å². The molecule has 2 atom stereocenters. The summed E-state index contributed by atoms with van der Waals surface area (Å²) in [4.78, 5) is 13.5. The Hall–Kier alpha value is -1.12. The lowest BCUT2D eigenvalue weighted by Gasteiger charge is -2.35. The van der Waals surface area contributed by atoms with Gasteiger partial charge in [-0.1, -0.05) is 6.92 Å². The Bertz CT molecular complexity index is 275. The van der Waals surface area contributed by atoms with Crippen LogP contribution >= 0.6 is 0 Å². The van der Waals surface area contributed by atoms with E-state index < -0.39 is 6.10 Å². The average Bonchev–Trinajstić information content (AvgIpc) is 2.35. The first-order valence-corrected chi connectivity index (χ1v) is 5.53. The van der Waals surface area contributed by atoms with Crippen LogP contribution in [0.2, 0.25) is 0 Å². The van der Waals surface area contributed by atoms with Crippen molar-refractivity contribution < 1.29 is 14.3 Å². The highest BCUT2D eigenvalue weighted by molar-refractivity contribution is 5.74. The number of nitriles is 1. The summed E-state index contributed by atoms with van der Waals surface area (Å²) in [6.07, 6.45) is 0.887. The van der Waals surface area contributed by atoms with Crippen LogP contribution in [-0.2, 0) is 14.3 Å². The van der Waals surface area contributed by atoms with Gasteiger partial charge in [-0.2, -0.15) is 5.26 Å². The third-order valence-corrected chi connectivity index (χ3v) is 2.88. The highest BCUT2D eigenvalue weighted by Crippen LogP contribution is 2.14. The molecule has 0 aliphatic carbocycles. The van der Waals surface area contributed by atoms with Crippen LogP contribution in [0, 0.1) is 11.3 Å². The molecule has 0 bridgehead atoms. The minimum Gasteiger partial charge on any atom is -0.467 e. The van der Waals surface area contributed by atoms with E-state index in [1.54, 1.807) is 0 Å². The van der Waals surface area contributed by atoms with Crippen molar-refractivity contribution in [3.05, 3.63) is 0 Å². The van der Waals surface area contributed by atoms with Gasteiger partial charge in [-0.05, 0) is 6.42 Å². The van der Waals surface area contributed by atoms with Crippen molar-refractivity contribution in [2.75, 3.05) is 26.8 Å². The molecular formula is C11H18N2O3. The fraction of sp³-hybridized carbons (Fsp3) is 0.818. The summed E-state index contributed by atoms with van der Waals surface area (Å²) in [5, 5.41) is 8.72. The first-order chi connectivity index (χ1) is 7.72. The molecule has 0 N–H and O–H groups in total. The monoisotopic (exact) mass is 226 g/mol. The van der Waals surface area contributed by atoms with Gasteiger partial charge in [0.15, 0.2) is 6.10 Å². The number of nitrogens with zero attached hydrogens (tertiary/aromatic N) is 2. The summed E-state index contributed by atoms with van der Waals surface area (Å²) in [6.45, 7) is 3.85. The molecule has 5 heteroatoms. The van der Waals surface area contributed by atoms with Crippen LogP contribution in [0.15, 0.2) is 0 Å². The standard InChI is InChI=1S/C11H18N2O3/c1-3-9(4-5-12)13-6-7-16-10(8-13)11(14)15-2/h9-10H,3-4,6-8H2,1-2H3. The number of carbonyl (C=O) groups is 1. The van der Waals surface area contributed by atoms with Crippen molar-refractivity contribution in [2.24, 2.45) is 0 Å². The second-order valence-corrected chi connectivity index (χ2v) is 3.80. The van der Waals surface area contributed by atoms with Gasteiger partial charge in [0.1, 0.15) is 0 Å². The Morgan fingerprint density at radius 2 is 2.50 bits per heavy atom. The van der Waals surface area contributed by atoms with E-state index in [1.165, 1.54) is 7.11 Å². The molecule has 0 amide bonds. The minimum atomic E-state index is -0.508. The zero-order valence-corrected chi connectivity index (χ0v) is 9.81. The molecule has 1 heterocycles. The molecule has 0 saturated carbocycles. The van der Waals surface area contributed by atoms with E-state index >= 15 is 0 Å². The minimum absolute atomic E-state index is 0.209. The highest BCUT2D eigenvalue weighted by Gasteiger charge is 2.30. The van der Waals surface area contributed by atoms with Gasteiger partial charge in [0.25, 0.3) is 0 Å². The second kappa shape index (κ2) is 6.46. The Labute approximate surface area is 95.9 Å². The van der Waals surface area contributed by atoms with Crippen LogP contribution in [0.3, 0.4) is 0 Å². The molecule has 0 aromatic rings. The molecule has 0 aromatic carbocycles. The lowest BCUT2D eigenvalue weighted by atomic mass is 10.1. The van der Waals surface area contributed by atoms with Gasteiger partial charge in [0.05, 0.1) is 26.2 Å². The van der Waals surface area contributed by atoms with E-state index in [4.69, 9.17) is 10.00 Å². The maximum atomic E-state index is 11.3. The number of hydrogen-bond donors (Lipinski definition) is 0. The van der Waals surface area contributed by atoms with Gasteiger partial charge in [0, 0.05) is 19.1 Å². The predicted molar refractivity (Wildman–Crippen MR) is 57.6 cm³/mol. The second-order valence-electron chi connectivity index (χ2n) is 3.80. The summed E-state index contributed by atoms with van der Waals surface area (Å²) >= 11 is 0. The van der Waals surface area contributed by atoms with Crippen molar-refractivity contribution in [3.63, 3.8) is 0 Å². The quantitative estimate of drug-likeness (QED) is 0.655. The lowest BCUT2D eigenvalue weighted by Crippen LogP contribution is -2.50. The molecule has 1 aliphatic rings. The fourth-order valence-electron chi connectivity index (χ4n) is 1.91. The Kier molecular flexibility index (Phi) is 5.23. The van der Waals surface area contributed by atoms with E-state index in [9.17, 15) is 4.79 Å². The largest absolute Gasteiger partial charge is 0.467 e. The Balaban J connectivity index is 2.55. The molecule has 1 rings (SSSR count). The molecule has 0 aromatic heterocycles. The van der Waals surface area contributed by atoms with Gasteiger partial charge in [-0.15, -0.1) is 0 Å². The van der Waals surface area contributed by atoms with Crippen LogP contribution in [0.4, 0.5) is 0 Å². The van der Waals surface area contributed by atoms with Crippen molar-refractivity contribution in [1.29, 1.82) is 5.26 Å². The van der Waals surface area contributed by atoms with Gasteiger partial charge >= 0.3 is 5.97 Å². The van der Waals surface area contributed by atoms with Crippen LogP contribution in [0.25, 0.3) is 0 Å². The number of hydrogen-bond acceptors (Lipinski definition) is 5. The molecular weight excluding hydrogens is 208 g/mol. The van der Waals surface area contributed by atoms with E-state index in [1.807, 2.05) is 6.92 Å². The van der Waals surface area contributed by atoms with Gasteiger partial charge in [0.2, 0.25) is 0 Å². The highest BCUT2D eigenvalue weighted by atomic mass is 16.6. The van der Waals surface area contributed by atoms with Gasteiger partial charge in [-0.3, -0.25) is 4.90 Å². The number of esters is 1. The predicted octanol–water partition coefficient (Wildman–Crippen LogP) is 0.552. The lowest BCUT2D eigenvalue weighted by molar-refractivity contribution is -0.160. The first-order valence-electron chi connectivity index (χ1n) is 5.53. The summed E-state index contributed by atoms with van der Waals surface area (Å²) in [5.41, 5.74) is 0. The molecule has 0 spiro atoms. The molecule has 1 aliphatic heterocycles. The normalized spacial score (nSPS) is 23.4. The molecule has 1 fully saturated rings. The third kappa shape index (κ3) is 3.19. The summed E-state index contributed by atoms with van der Waals surface area (Å²) in [7, 11) is 1.36. The topological polar surface area (TPSA) is 62.6 Å². The third-order valence-electron chi connectivity index (χ3n) is 2.88. The molecule has 5 nitrogen and oxygen atoms in total. The van der Waals surface area contributed by atoms with Crippen LogP contribution in [0.5, 0.6) is 0 Å². The van der Waals surface area contributed by atoms with Gasteiger partial charge in [-0.25, -0.2) is 4.79 Å². The molecule has 2 unspecified atom stereocenters. The van der Waals surface area contributed by atoms with Gasteiger partial charge < -0.3 is 9.47 Å². The zero-order chi connectivity index (χ0) is 12.0. The van der Waals surface area contributed by atoms with Crippen LogP contribution in [0.1, 0.15) is 19.8 Å². The molecule has 1 saturated heterocycles.